The molecule has 138 valence electrons. The van der Waals surface area contributed by atoms with E-state index in [1.807, 2.05) is 30.3 Å². The van der Waals surface area contributed by atoms with Gasteiger partial charge in [0.05, 0.1) is 30.9 Å². The maximum atomic E-state index is 13.0. The van der Waals surface area contributed by atoms with E-state index in [9.17, 15) is 14.7 Å². The van der Waals surface area contributed by atoms with Crippen LogP contribution in [0.25, 0.3) is 0 Å². The fourth-order valence-electron chi connectivity index (χ4n) is 4.17. The van der Waals surface area contributed by atoms with Gasteiger partial charge in [-0.3, -0.25) is 9.59 Å². The van der Waals surface area contributed by atoms with Gasteiger partial charge in [-0.25, -0.2) is 0 Å². The molecule has 2 saturated heterocycles. The number of anilines is 1. The molecule has 26 heavy (non-hydrogen) atoms. The molecule has 3 aliphatic rings. The van der Waals surface area contributed by atoms with Crippen molar-refractivity contribution >= 4 is 17.6 Å². The van der Waals surface area contributed by atoms with E-state index in [4.69, 9.17) is 9.47 Å². The first-order valence-corrected chi connectivity index (χ1v) is 8.83. The van der Waals surface area contributed by atoms with Gasteiger partial charge in [-0.15, -0.1) is 0 Å². The third-order valence-electron chi connectivity index (χ3n) is 5.49. The Morgan fingerprint density at radius 1 is 1.08 bits per heavy atom. The number of aliphatic carboxylic acids is 1. The largest absolute Gasteiger partial charge is 0.495 e. The van der Waals surface area contributed by atoms with Crippen LogP contribution < -0.4 is 9.64 Å². The summed E-state index contributed by atoms with van der Waals surface area (Å²) in [7, 11) is 1.65. The number of rotatable bonds is 4. The first-order chi connectivity index (χ1) is 12.6. The van der Waals surface area contributed by atoms with E-state index in [1.54, 1.807) is 18.1 Å². The van der Waals surface area contributed by atoms with Crippen molar-refractivity contribution in [2.45, 2.75) is 12.2 Å². The number of nitrogens with zero attached hydrogens (tertiary/aromatic N) is 2. The number of hydrogen-bond donors (Lipinski definition) is 1. The average Bonchev–Trinajstić information content (AvgIpc) is 3.29. The Morgan fingerprint density at radius 2 is 1.73 bits per heavy atom. The van der Waals surface area contributed by atoms with Gasteiger partial charge >= 0.3 is 5.97 Å². The molecule has 0 saturated carbocycles. The Balaban J connectivity index is 1.44. The minimum atomic E-state index is -0.965. The zero-order valence-corrected chi connectivity index (χ0v) is 14.6. The number of benzene rings is 1. The normalized spacial score (nSPS) is 29.9. The Kier molecular flexibility index (Phi) is 4.32. The molecule has 4 atom stereocenters. The lowest BCUT2D eigenvalue weighted by atomic mass is 9.82. The fraction of sp³-hybridized carbons (Fsp3) is 0.474. The maximum Gasteiger partial charge on any atom is 0.310 e. The van der Waals surface area contributed by atoms with E-state index in [0.29, 0.717) is 26.2 Å². The summed E-state index contributed by atoms with van der Waals surface area (Å²) < 4.78 is 11.0. The molecule has 0 aromatic heterocycles. The Bertz CT molecular complexity index is 741. The SMILES string of the molecule is COc1ccccc1N1CCN(C(=O)[C@H]2[C@@H](C(=O)O)[C@H]3C=C[C@H]2O3)CC1. The van der Waals surface area contributed by atoms with Gasteiger partial charge in [-0.05, 0) is 12.1 Å². The van der Waals surface area contributed by atoms with Gasteiger partial charge in [0.25, 0.3) is 0 Å². The molecule has 0 unspecified atom stereocenters. The highest BCUT2D eigenvalue weighted by atomic mass is 16.5. The number of methoxy groups -OCH3 is 1. The van der Waals surface area contributed by atoms with Gasteiger partial charge in [-0.2, -0.15) is 0 Å². The summed E-state index contributed by atoms with van der Waals surface area (Å²) in [5, 5.41) is 9.49. The third kappa shape index (κ3) is 2.72. The number of para-hydroxylation sites is 2. The van der Waals surface area contributed by atoms with Crippen molar-refractivity contribution in [3.8, 4) is 5.75 Å². The van der Waals surface area contributed by atoms with Crippen LogP contribution in [0.15, 0.2) is 36.4 Å². The quantitative estimate of drug-likeness (QED) is 0.809. The van der Waals surface area contributed by atoms with Crippen LogP contribution in [-0.2, 0) is 14.3 Å². The highest BCUT2D eigenvalue weighted by Gasteiger charge is 2.54. The van der Waals surface area contributed by atoms with Crippen LogP contribution in [-0.4, -0.2) is 67.4 Å². The van der Waals surface area contributed by atoms with E-state index >= 15 is 0 Å². The number of carbonyl (C=O) groups excluding carboxylic acids is 1. The van der Waals surface area contributed by atoms with Crippen molar-refractivity contribution in [2.75, 3.05) is 38.2 Å². The summed E-state index contributed by atoms with van der Waals surface area (Å²) in [4.78, 5) is 28.5. The summed E-state index contributed by atoms with van der Waals surface area (Å²) in [6.07, 6.45) is 2.67. The van der Waals surface area contributed by atoms with Crippen molar-refractivity contribution in [1.29, 1.82) is 0 Å². The lowest BCUT2D eigenvalue weighted by molar-refractivity contribution is -0.149. The van der Waals surface area contributed by atoms with Crippen LogP contribution in [0, 0.1) is 11.8 Å². The summed E-state index contributed by atoms with van der Waals surface area (Å²) >= 11 is 0. The zero-order valence-electron chi connectivity index (χ0n) is 14.6. The predicted molar refractivity (Wildman–Crippen MR) is 94.2 cm³/mol. The molecule has 7 heteroatoms. The molecule has 1 N–H and O–H groups in total. The molecule has 1 aromatic carbocycles. The number of ether oxygens (including phenoxy) is 2. The van der Waals surface area contributed by atoms with E-state index < -0.39 is 30.0 Å². The molecular formula is C19H22N2O5. The van der Waals surface area contributed by atoms with Gasteiger partial charge in [0.15, 0.2) is 0 Å². The molecule has 1 amide bonds. The molecule has 4 rings (SSSR count). The van der Waals surface area contributed by atoms with Crippen LogP contribution in [0.1, 0.15) is 0 Å². The first kappa shape index (κ1) is 16.9. The standard InChI is InChI=1S/C19H22N2O5/c1-25-13-5-3-2-4-12(13)20-8-10-21(11-9-20)18(22)16-14-6-7-15(26-14)17(16)19(23)24/h2-7,14-17H,8-11H2,1H3,(H,23,24)/t14-,15-,16-,17+/m1/s1. The van der Waals surface area contributed by atoms with Crippen LogP contribution in [0.4, 0.5) is 5.69 Å². The molecule has 0 radical (unpaired) electrons. The molecular weight excluding hydrogens is 336 g/mol. The van der Waals surface area contributed by atoms with E-state index in [1.165, 1.54) is 0 Å². The minimum absolute atomic E-state index is 0.117. The molecule has 3 heterocycles. The zero-order chi connectivity index (χ0) is 18.3. The number of fused-ring (bicyclic) bond motifs is 2. The number of carboxylic acid groups (broad SMARTS) is 1. The van der Waals surface area contributed by atoms with E-state index in [-0.39, 0.29) is 5.91 Å². The molecule has 2 bridgehead atoms. The second-order valence-electron chi connectivity index (χ2n) is 6.82. The number of carboxylic acids is 1. The topological polar surface area (TPSA) is 79.3 Å². The number of amides is 1. The van der Waals surface area contributed by atoms with Crippen molar-refractivity contribution in [3.63, 3.8) is 0 Å². The monoisotopic (exact) mass is 358 g/mol. The average molecular weight is 358 g/mol. The summed E-state index contributed by atoms with van der Waals surface area (Å²) in [6, 6.07) is 7.82. The van der Waals surface area contributed by atoms with Crippen LogP contribution in [0.3, 0.4) is 0 Å². The van der Waals surface area contributed by atoms with Crippen molar-refractivity contribution < 1.29 is 24.2 Å². The Morgan fingerprint density at radius 3 is 2.38 bits per heavy atom. The molecule has 0 spiro atoms. The van der Waals surface area contributed by atoms with E-state index in [0.717, 1.165) is 11.4 Å². The van der Waals surface area contributed by atoms with Crippen molar-refractivity contribution in [3.05, 3.63) is 36.4 Å². The summed E-state index contributed by atoms with van der Waals surface area (Å²) in [5.74, 6) is -1.68. The smallest absolute Gasteiger partial charge is 0.310 e. The third-order valence-corrected chi connectivity index (χ3v) is 5.49. The lowest BCUT2D eigenvalue weighted by Gasteiger charge is -2.38. The molecule has 0 aliphatic carbocycles. The first-order valence-electron chi connectivity index (χ1n) is 8.83. The second-order valence-corrected chi connectivity index (χ2v) is 6.82. The minimum Gasteiger partial charge on any atom is -0.495 e. The molecule has 7 nitrogen and oxygen atoms in total. The maximum absolute atomic E-state index is 13.0. The Labute approximate surface area is 151 Å². The summed E-state index contributed by atoms with van der Waals surface area (Å²) in [6.45, 7) is 2.48. The van der Waals surface area contributed by atoms with Crippen molar-refractivity contribution in [1.82, 2.24) is 4.90 Å². The van der Waals surface area contributed by atoms with Gasteiger partial charge in [0, 0.05) is 26.2 Å². The highest BCUT2D eigenvalue weighted by Crippen LogP contribution is 2.40. The summed E-state index contributed by atoms with van der Waals surface area (Å²) in [5.41, 5.74) is 1.01. The lowest BCUT2D eigenvalue weighted by Crippen LogP contribution is -2.53. The highest BCUT2D eigenvalue weighted by molar-refractivity contribution is 5.87. The van der Waals surface area contributed by atoms with Gasteiger partial charge < -0.3 is 24.4 Å². The molecule has 3 aliphatic heterocycles. The van der Waals surface area contributed by atoms with Crippen molar-refractivity contribution in [2.24, 2.45) is 11.8 Å². The predicted octanol–water partition coefficient (Wildman–Crippen LogP) is 0.998. The molecule has 1 aromatic rings. The number of piperazine rings is 1. The van der Waals surface area contributed by atoms with Crippen LogP contribution >= 0.6 is 0 Å². The molecule has 2 fully saturated rings. The van der Waals surface area contributed by atoms with Crippen LogP contribution in [0.2, 0.25) is 0 Å². The number of carbonyl (C=O) groups is 2. The van der Waals surface area contributed by atoms with E-state index in [2.05, 4.69) is 4.90 Å². The Hall–Kier alpha value is -2.54. The number of hydrogen-bond acceptors (Lipinski definition) is 5. The van der Waals surface area contributed by atoms with Gasteiger partial charge in [0.2, 0.25) is 5.91 Å². The van der Waals surface area contributed by atoms with Gasteiger partial charge in [0.1, 0.15) is 11.7 Å². The fourth-order valence-corrected chi connectivity index (χ4v) is 4.17. The van der Waals surface area contributed by atoms with Crippen LogP contribution in [0.5, 0.6) is 5.75 Å². The van der Waals surface area contributed by atoms with Gasteiger partial charge in [-0.1, -0.05) is 24.3 Å². The second kappa shape index (κ2) is 6.64.